The van der Waals surface area contributed by atoms with Gasteiger partial charge in [-0.15, -0.1) is 11.6 Å². The molecule has 0 atom stereocenters. The summed E-state index contributed by atoms with van der Waals surface area (Å²) in [7, 11) is 0. The van der Waals surface area contributed by atoms with E-state index in [4.69, 9.17) is 16.1 Å². The maximum atomic E-state index is 5.82. The summed E-state index contributed by atoms with van der Waals surface area (Å²) < 4.78 is 7.11. The van der Waals surface area contributed by atoms with E-state index in [0.717, 1.165) is 17.0 Å². The van der Waals surface area contributed by atoms with Crippen LogP contribution in [0.3, 0.4) is 0 Å². The molecule has 0 N–H and O–H groups in total. The summed E-state index contributed by atoms with van der Waals surface area (Å²) in [4.78, 5) is 13.1. The first-order chi connectivity index (χ1) is 9.28. The third-order valence-electron chi connectivity index (χ3n) is 2.76. The molecule has 0 amide bonds. The number of aryl methyl sites for hydroxylation is 2. The fourth-order valence-electron chi connectivity index (χ4n) is 1.99. The van der Waals surface area contributed by atoms with Gasteiger partial charge in [0.25, 0.3) is 0 Å². The first-order valence-electron chi connectivity index (χ1n) is 5.93. The van der Waals surface area contributed by atoms with Crippen LogP contribution >= 0.6 is 11.6 Å². The van der Waals surface area contributed by atoms with Crippen LogP contribution in [-0.4, -0.2) is 30.6 Å². The van der Waals surface area contributed by atoms with Crippen LogP contribution in [0.1, 0.15) is 17.5 Å². The topological polar surface area (TPSA) is 69.6 Å². The van der Waals surface area contributed by atoms with Crippen LogP contribution in [0.15, 0.2) is 22.9 Å². The Morgan fingerprint density at radius 1 is 1.37 bits per heavy atom. The van der Waals surface area contributed by atoms with Gasteiger partial charge in [-0.25, -0.2) is 9.97 Å². The molecular weight excluding hydrogens is 266 g/mol. The minimum atomic E-state index is 0.459. The Labute approximate surface area is 114 Å². The Hall–Kier alpha value is -1.95. The molecular formula is C12H12ClN5O. The van der Waals surface area contributed by atoms with Crippen LogP contribution in [-0.2, 0) is 13.0 Å². The van der Waals surface area contributed by atoms with Gasteiger partial charge < -0.3 is 9.09 Å². The normalized spacial score (nSPS) is 11.3. The highest BCUT2D eigenvalue weighted by atomic mass is 35.5. The van der Waals surface area contributed by atoms with Crippen molar-refractivity contribution in [3.63, 3.8) is 0 Å². The summed E-state index contributed by atoms with van der Waals surface area (Å²) >= 11 is 5.82. The zero-order valence-corrected chi connectivity index (χ0v) is 11.1. The number of rotatable bonds is 4. The SMILES string of the molecule is Cc1noc(Cn2c(CCCl)nc3cccnc32)n1. The largest absolute Gasteiger partial charge is 0.337 e. The van der Waals surface area contributed by atoms with Crippen molar-refractivity contribution >= 4 is 22.8 Å². The van der Waals surface area contributed by atoms with Crippen molar-refractivity contribution in [1.29, 1.82) is 0 Å². The van der Waals surface area contributed by atoms with Gasteiger partial charge in [-0.1, -0.05) is 5.16 Å². The second-order valence-electron chi connectivity index (χ2n) is 4.13. The molecule has 98 valence electrons. The van der Waals surface area contributed by atoms with Gasteiger partial charge in [0.2, 0.25) is 5.89 Å². The number of alkyl halides is 1. The van der Waals surface area contributed by atoms with Crippen molar-refractivity contribution in [3.05, 3.63) is 35.9 Å². The lowest BCUT2D eigenvalue weighted by Crippen LogP contribution is -2.07. The summed E-state index contributed by atoms with van der Waals surface area (Å²) in [5.41, 5.74) is 1.65. The molecule has 0 aliphatic heterocycles. The van der Waals surface area contributed by atoms with E-state index in [1.165, 1.54) is 0 Å². The molecule has 3 heterocycles. The van der Waals surface area contributed by atoms with Crippen molar-refractivity contribution in [2.75, 3.05) is 5.88 Å². The molecule has 0 aliphatic rings. The molecule has 0 saturated carbocycles. The molecule has 19 heavy (non-hydrogen) atoms. The van der Waals surface area contributed by atoms with Crippen LogP contribution in [0.25, 0.3) is 11.2 Å². The van der Waals surface area contributed by atoms with Crippen LogP contribution in [0, 0.1) is 6.92 Å². The van der Waals surface area contributed by atoms with Crippen molar-refractivity contribution < 1.29 is 4.52 Å². The Morgan fingerprint density at radius 3 is 3.00 bits per heavy atom. The van der Waals surface area contributed by atoms with E-state index in [2.05, 4.69) is 20.1 Å². The average molecular weight is 278 g/mol. The van der Waals surface area contributed by atoms with E-state index < -0.39 is 0 Å². The highest BCUT2D eigenvalue weighted by Gasteiger charge is 2.14. The van der Waals surface area contributed by atoms with Gasteiger partial charge in [-0.3, -0.25) is 0 Å². The summed E-state index contributed by atoms with van der Waals surface area (Å²) in [6, 6.07) is 3.79. The number of hydrogen-bond acceptors (Lipinski definition) is 5. The maximum absolute atomic E-state index is 5.82. The van der Waals surface area contributed by atoms with Crippen molar-refractivity contribution in [1.82, 2.24) is 24.7 Å². The molecule has 3 rings (SSSR count). The monoisotopic (exact) mass is 277 g/mol. The van der Waals surface area contributed by atoms with Gasteiger partial charge in [0.1, 0.15) is 17.9 Å². The molecule has 0 spiro atoms. The fourth-order valence-corrected chi connectivity index (χ4v) is 2.16. The molecule has 0 saturated heterocycles. The van der Waals surface area contributed by atoms with E-state index in [0.29, 0.717) is 30.6 Å². The lowest BCUT2D eigenvalue weighted by atomic mass is 10.4. The summed E-state index contributed by atoms with van der Waals surface area (Å²) in [5.74, 6) is 2.54. The van der Waals surface area contributed by atoms with Crippen LogP contribution < -0.4 is 0 Å². The number of imidazole rings is 1. The van der Waals surface area contributed by atoms with Gasteiger partial charge in [-0.05, 0) is 19.1 Å². The highest BCUT2D eigenvalue weighted by Crippen LogP contribution is 2.16. The summed E-state index contributed by atoms with van der Waals surface area (Å²) in [6.07, 6.45) is 2.41. The van der Waals surface area contributed by atoms with Crippen LogP contribution in [0.5, 0.6) is 0 Å². The third-order valence-corrected chi connectivity index (χ3v) is 2.95. The first kappa shape index (κ1) is 12.1. The number of pyridine rings is 1. The summed E-state index contributed by atoms with van der Waals surface area (Å²) in [5, 5.41) is 3.79. The number of aromatic nitrogens is 5. The molecule has 0 fully saturated rings. The second-order valence-corrected chi connectivity index (χ2v) is 4.51. The molecule has 6 nitrogen and oxygen atoms in total. The standard InChI is InChI=1S/C12H12ClN5O/c1-8-15-11(19-17-8)7-18-10(4-5-13)16-9-3-2-6-14-12(9)18/h2-3,6H,4-5,7H2,1H3. The highest BCUT2D eigenvalue weighted by molar-refractivity contribution is 6.17. The zero-order chi connectivity index (χ0) is 13.2. The first-order valence-corrected chi connectivity index (χ1v) is 6.46. The minimum absolute atomic E-state index is 0.459. The number of halogens is 1. The lowest BCUT2D eigenvalue weighted by molar-refractivity contribution is 0.367. The molecule has 7 heteroatoms. The van der Waals surface area contributed by atoms with Crippen molar-refractivity contribution in [2.45, 2.75) is 19.9 Å². The predicted molar refractivity (Wildman–Crippen MR) is 70.1 cm³/mol. The molecule has 0 radical (unpaired) electrons. The quantitative estimate of drug-likeness (QED) is 0.682. The van der Waals surface area contributed by atoms with E-state index in [1.807, 2.05) is 16.7 Å². The number of fused-ring (bicyclic) bond motifs is 1. The van der Waals surface area contributed by atoms with Gasteiger partial charge in [0.15, 0.2) is 11.5 Å². The molecule has 0 aromatic carbocycles. The van der Waals surface area contributed by atoms with Gasteiger partial charge in [0, 0.05) is 18.5 Å². The van der Waals surface area contributed by atoms with E-state index in [1.54, 1.807) is 13.1 Å². The molecule has 0 aliphatic carbocycles. The van der Waals surface area contributed by atoms with Gasteiger partial charge in [-0.2, -0.15) is 4.98 Å². The maximum Gasteiger partial charge on any atom is 0.246 e. The van der Waals surface area contributed by atoms with Crippen LogP contribution in [0.2, 0.25) is 0 Å². The minimum Gasteiger partial charge on any atom is -0.337 e. The third kappa shape index (κ3) is 2.31. The molecule has 3 aromatic heterocycles. The van der Waals surface area contributed by atoms with E-state index in [9.17, 15) is 0 Å². The zero-order valence-electron chi connectivity index (χ0n) is 10.4. The van der Waals surface area contributed by atoms with Crippen molar-refractivity contribution in [3.8, 4) is 0 Å². The number of nitrogens with zero attached hydrogens (tertiary/aromatic N) is 5. The van der Waals surface area contributed by atoms with Gasteiger partial charge in [0.05, 0.1) is 0 Å². The number of hydrogen-bond donors (Lipinski definition) is 0. The Bertz CT molecular complexity index is 705. The van der Waals surface area contributed by atoms with Gasteiger partial charge >= 0.3 is 0 Å². The Kier molecular flexibility index (Phi) is 3.16. The molecule has 0 unspecified atom stereocenters. The average Bonchev–Trinajstić information content (AvgIpc) is 2.96. The van der Waals surface area contributed by atoms with Crippen molar-refractivity contribution in [2.24, 2.45) is 0 Å². The van der Waals surface area contributed by atoms with E-state index >= 15 is 0 Å². The lowest BCUT2D eigenvalue weighted by Gasteiger charge is -2.03. The summed E-state index contributed by atoms with van der Waals surface area (Å²) in [6.45, 7) is 2.25. The molecule has 0 bridgehead atoms. The van der Waals surface area contributed by atoms with E-state index in [-0.39, 0.29) is 0 Å². The Balaban J connectivity index is 2.06. The Morgan fingerprint density at radius 2 is 2.26 bits per heavy atom. The van der Waals surface area contributed by atoms with Crippen LogP contribution in [0.4, 0.5) is 0 Å². The second kappa shape index (κ2) is 4.97. The fraction of sp³-hybridized carbons (Fsp3) is 0.333. The predicted octanol–water partition coefficient (Wildman–Crippen LogP) is 1.95. The smallest absolute Gasteiger partial charge is 0.246 e. The molecule has 3 aromatic rings.